The Hall–Kier alpha value is -1.29. The van der Waals surface area contributed by atoms with E-state index >= 15 is 0 Å². The monoisotopic (exact) mass is 185 g/mol. The molecule has 4 heteroatoms. The van der Waals surface area contributed by atoms with Gasteiger partial charge in [0.15, 0.2) is 11.5 Å². The molecule has 72 valence electrons. The van der Waals surface area contributed by atoms with Crippen LogP contribution in [0.5, 0.6) is 11.5 Å². The van der Waals surface area contributed by atoms with E-state index in [1.807, 2.05) is 0 Å². The summed E-state index contributed by atoms with van der Waals surface area (Å²) in [5.41, 5.74) is 3.79. The zero-order valence-electron chi connectivity index (χ0n) is 7.29. The lowest BCUT2D eigenvalue weighted by molar-refractivity contribution is 0.202. The van der Waals surface area contributed by atoms with Gasteiger partial charge in [-0.15, -0.1) is 0 Å². The lowest BCUT2D eigenvalue weighted by Crippen LogP contribution is -2.26. The number of benzene rings is 1. The molecule has 0 bridgehead atoms. The molecule has 1 unspecified atom stereocenters. The second-order valence-corrected chi connectivity index (χ2v) is 3.11. The molecule has 0 radical (unpaired) electrons. The number of aromatic hydroxyl groups is 2. The molecule has 0 aliphatic carbocycles. The summed E-state index contributed by atoms with van der Waals surface area (Å²) in [6.45, 7) is 1.15. The number of phenols is 2. The van der Waals surface area contributed by atoms with Crippen LogP contribution in [0.4, 0.5) is 4.39 Å². The van der Waals surface area contributed by atoms with E-state index in [-0.39, 0.29) is 23.6 Å². The third-order valence-electron chi connectivity index (χ3n) is 1.96. The molecular formula is C9H12FNO2. The van der Waals surface area contributed by atoms with Gasteiger partial charge in [-0.25, -0.2) is 4.39 Å². The van der Waals surface area contributed by atoms with Crippen LogP contribution in [0.2, 0.25) is 0 Å². The fourth-order valence-electron chi connectivity index (χ4n) is 0.966. The van der Waals surface area contributed by atoms with Crippen molar-refractivity contribution >= 4 is 0 Å². The molecule has 0 aromatic heterocycles. The Bertz CT molecular complexity index is 312. The Morgan fingerprint density at radius 3 is 2.46 bits per heavy atom. The normalized spacial score (nSPS) is 15.3. The van der Waals surface area contributed by atoms with Gasteiger partial charge in [0.2, 0.25) is 0 Å². The van der Waals surface area contributed by atoms with Crippen LogP contribution in [0.15, 0.2) is 18.2 Å². The van der Waals surface area contributed by atoms with Crippen molar-refractivity contribution in [3.63, 3.8) is 0 Å². The van der Waals surface area contributed by atoms with Crippen molar-refractivity contribution in [2.24, 2.45) is 5.73 Å². The van der Waals surface area contributed by atoms with E-state index in [4.69, 9.17) is 15.9 Å². The van der Waals surface area contributed by atoms with Crippen LogP contribution in [-0.2, 0) is 5.67 Å². The van der Waals surface area contributed by atoms with E-state index in [9.17, 15) is 4.39 Å². The highest BCUT2D eigenvalue weighted by atomic mass is 19.1. The van der Waals surface area contributed by atoms with Crippen molar-refractivity contribution in [3.05, 3.63) is 23.8 Å². The number of hydrogen-bond donors (Lipinski definition) is 3. The van der Waals surface area contributed by atoms with Gasteiger partial charge in [-0.1, -0.05) is 6.07 Å². The van der Waals surface area contributed by atoms with E-state index in [1.54, 1.807) is 0 Å². The molecule has 0 heterocycles. The minimum Gasteiger partial charge on any atom is -0.504 e. The van der Waals surface area contributed by atoms with E-state index in [0.717, 1.165) is 0 Å². The highest BCUT2D eigenvalue weighted by molar-refractivity contribution is 5.42. The van der Waals surface area contributed by atoms with Crippen LogP contribution in [0.1, 0.15) is 12.5 Å². The van der Waals surface area contributed by atoms with Crippen molar-refractivity contribution < 1.29 is 14.6 Å². The Morgan fingerprint density at radius 1 is 1.38 bits per heavy atom. The van der Waals surface area contributed by atoms with Crippen LogP contribution in [0, 0.1) is 0 Å². The van der Waals surface area contributed by atoms with Crippen molar-refractivity contribution in [2.75, 3.05) is 6.54 Å². The van der Waals surface area contributed by atoms with Gasteiger partial charge in [-0.05, 0) is 24.6 Å². The van der Waals surface area contributed by atoms with Crippen molar-refractivity contribution in [3.8, 4) is 11.5 Å². The topological polar surface area (TPSA) is 66.5 Å². The minimum absolute atomic E-state index is 0.169. The third kappa shape index (κ3) is 1.89. The van der Waals surface area contributed by atoms with Crippen LogP contribution < -0.4 is 5.73 Å². The minimum atomic E-state index is -1.68. The maximum Gasteiger partial charge on any atom is 0.157 e. The average molecular weight is 185 g/mol. The Morgan fingerprint density at radius 2 is 2.00 bits per heavy atom. The second-order valence-electron chi connectivity index (χ2n) is 3.11. The number of halogens is 1. The molecule has 1 rings (SSSR count). The summed E-state index contributed by atoms with van der Waals surface area (Å²) in [4.78, 5) is 0. The standard InChI is InChI=1S/C9H12FNO2/c1-9(10,5-11)6-2-3-7(12)8(13)4-6/h2-4,12-13H,5,11H2,1H3. The maximum absolute atomic E-state index is 13.5. The van der Waals surface area contributed by atoms with Gasteiger partial charge in [-0.3, -0.25) is 0 Å². The first kappa shape index (κ1) is 9.80. The molecule has 13 heavy (non-hydrogen) atoms. The summed E-state index contributed by atoms with van der Waals surface area (Å²) in [7, 11) is 0. The van der Waals surface area contributed by atoms with Crippen molar-refractivity contribution in [2.45, 2.75) is 12.6 Å². The fraction of sp³-hybridized carbons (Fsp3) is 0.333. The molecule has 1 aromatic rings. The Kier molecular flexibility index (Phi) is 2.43. The van der Waals surface area contributed by atoms with Crippen molar-refractivity contribution in [1.82, 2.24) is 0 Å². The van der Waals surface area contributed by atoms with Gasteiger partial charge in [0.1, 0.15) is 5.67 Å². The van der Waals surface area contributed by atoms with E-state index in [0.29, 0.717) is 0 Å². The van der Waals surface area contributed by atoms with Gasteiger partial charge in [0.25, 0.3) is 0 Å². The van der Waals surface area contributed by atoms with E-state index < -0.39 is 5.67 Å². The van der Waals surface area contributed by atoms with Gasteiger partial charge in [-0.2, -0.15) is 0 Å². The average Bonchev–Trinajstić information content (AvgIpc) is 2.09. The van der Waals surface area contributed by atoms with Gasteiger partial charge in [0, 0.05) is 6.54 Å². The summed E-state index contributed by atoms with van der Waals surface area (Å²) in [6.07, 6.45) is 0. The number of hydrogen-bond acceptors (Lipinski definition) is 3. The second kappa shape index (κ2) is 3.22. The molecule has 1 atom stereocenters. The number of alkyl halides is 1. The molecule has 3 nitrogen and oxygen atoms in total. The Balaban J connectivity index is 3.10. The van der Waals surface area contributed by atoms with E-state index in [2.05, 4.69) is 0 Å². The zero-order chi connectivity index (χ0) is 10.1. The summed E-state index contributed by atoms with van der Waals surface area (Å²) in [5, 5.41) is 18.1. The molecule has 1 aromatic carbocycles. The molecule has 0 aliphatic heterocycles. The Labute approximate surface area is 75.6 Å². The SMILES string of the molecule is CC(F)(CN)c1ccc(O)c(O)c1. The first-order valence-corrected chi connectivity index (χ1v) is 3.89. The first-order chi connectivity index (χ1) is 5.97. The number of nitrogens with two attached hydrogens (primary N) is 1. The van der Waals surface area contributed by atoms with Crippen LogP contribution in [0.3, 0.4) is 0 Å². The molecular weight excluding hydrogens is 173 g/mol. The number of phenolic OH excluding ortho intramolecular Hbond substituents is 2. The predicted molar refractivity (Wildman–Crippen MR) is 47.3 cm³/mol. The van der Waals surface area contributed by atoms with Crippen LogP contribution in [0.25, 0.3) is 0 Å². The molecule has 0 fully saturated rings. The third-order valence-corrected chi connectivity index (χ3v) is 1.96. The smallest absolute Gasteiger partial charge is 0.157 e. The molecule has 0 saturated carbocycles. The molecule has 0 spiro atoms. The fourth-order valence-corrected chi connectivity index (χ4v) is 0.966. The quantitative estimate of drug-likeness (QED) is 0.607. The lowest BCUT2D eigenvalue weighted by atomic mass is 9.98. The summed E-state index contributed by atoms with van der Waals surface area (Å²) >= 11 is 0. The van der Waals surface area contributed by atoms with Crippen LogP contribution >= 0.6 is 0 Å². The molecule has 0 amide bonds. The van der Waals surface area contributed by atoms with Gasteiger partial charge >= 0.3 is 0 Å². The summed E-state index contributed by atoms with van der Waals surface area (Å²) in [6, 6.07) is 3.79. The summed E-state index contributed by atoms with van der Waals surface area (Å²) in [5.74, 6) is -0.605. The van der Waals surface area contributed by atoms with Gasteiger partial charge < -0.3 is 15.9 Å². The zero-order valence-corrected chi connectivity index (χ0v) is 7.29. The van der Waals surface area contributed by atoms with E-state index in [1.165, 1.54) is 25.1 Å². The molecule has 4 N–H and O–H groups in total. The summed E-state index contributed by atoms with van der Waals surface area (Å²) < 4.78 is 13.5. The van der Waals surface area contributed by atoms with Gasteiger partial charge in [0.05, 0.1) is 0 Å². The lowest BCUT2D eigenvalue weighted by Gasteiger charge is -2.18. The molecule has 0 saturated heterocycles. The van der Waals surface area contributed by atoms with Crippen LogP contribution in [-0.4, -0.2) is 16.8 Å². The highest BCUT2D eigenvalue weighted by Crippen LogP contribution is 2.31. The first-order valence-electron chi connectivity index (χ1n) is 3.89. The number of rotatable bonds is 2. The highest BCUT2D eigenvalue weighted by Gasteiger charge is 2.24. The predicted octanol–water partition coefficient (Wildman–Crippen LogP) is 1.24. The maximum atomic E-state index is 13.5. The largest absolute Gasteiger partial charge is 0.504 e. The van der Waals surface area contributed by atoms with Crippen molar-refractivity contribution in [1.29, 1.82) is 0 Å². The molecule has 0 aliphatic rings.